The molecule has 148 valence electrons. The van der Waals surface area contributed by atoms with Gasteiger partial charge < -0.3 is 9.88 Å². The van der Waals surface area contributed by atoms with Crippen LogP contribution in [0.3, 0.4) is 0 Å². The van der Waals surface area contributed by atoms with Crippen LogP contribution < -0.4 is 10.5 Å². The summed E-state index contributed by atoms with van der Waals surface area (Å²) in [4.78, 5) is 17.7. The lowest BCUT2D eigenvalue weighted by molar-refractivity contribution is -0.931. The van der Waals surface area contributed by atoms with Crippen LogP contribution in [0, 0.1) is 6.92 Å². The van der Waals surface area contributed by atoms with Gasteiger partial charge in [0.05, 0.1) is 29.7 Å². The standard InChI is InChI=1S/C21H28N6O/c1-14-9-8-10-15-13-16(20(28)22-17(14)15)18(26-11-6-5-7-12-26)19-23-24-25-27(19)21(2,3)4/h8-10,13,18H,5-7,11-12H2,1-4H3,(H,22,28)/p+1/t18-/m0/s1. The smallest absolute Gasteiger partial charge is 0.258 e. The van der Waals surface area contributed by atoms with Crippen LogP contribution in [0.4, 0.5) is 0 Å². The molecule has 1 fully saturated rings. The first-order valence-corrected chi connectivity index (χ1v) is 10.1. The second-order valence-corrected chi connectivity index (χ2v) is 8.86. The van der Waals surface area contributed by atoms with Crippen molar-refractivity contribution in [1.29, 1.82) is 0 Å². The number of H-pyrrole nitrogens is 1. The quantitative estimate of drug-likeness (QED) is 0.724. The molecule has 2 N–H and O–H groups in total. The lowest BCUT2D eigenvalue weighted by Crippen LogP contribution is -3.13. The first kappa shape index (κ1) is 18.8. The highest BCUT2D eigenvalue weighted by Gasteiger charge is 2.36. The molecular weight excluding hydrogens is 352 g/mol. The Morgan fingerprint density at radius 3 is 2.64 bits per heavy atom. The molecule has 0 amide bonds. The minimum Gasteiger partial charge on any atom is -0.322 e. The van der Waals surface area contributed by atoms with Gasteiger partial charge in [0.2, 0.25) is 5.82 Å². The van der Waals surface area contributed by atoms with Crippen LogP contribution in [0.1, 0.15) is 63.0 Å². The number of benzene rings is 1. The van der Waals surface area contributed by atoms with Crippen molar-refractivity contribution < 1.29 is 4.90 Å². The van der Waals surface area contributed by atoms with Crippen LogP contribution >= 0.6 is 0 Å². The van der Waals surface area contributed by atoms with E-state index >= 15 is 0 Å². The van der Waals surface area contributed by atoms with E-state index in [1.165, 1.54) is 11.3 Å². The van der Waals surface area contributed by atoms with E-state index in [2.05, 4.69) is 47.3 Å². The van der Waals surface area contributed by atoms with Gasteiger partial charge in [0.1, 0.15) is 0 Å². The number of nitrogens with one attached hydrogen (secondary N) is 2. The van der Waals surface area contributed by atoms with E-state index in [0.29, 0.717) is 0 Å². The zero-order valence-electron chi connectivity index (χ0n) is 17.1. The number of quaternary nitrogens is 1. The Bertz CT molecular complexity index is 1040. The summed E-state index contributed by atoms with van der Waals surface area (Å²) in [7, 11) is 0. The van der Waals surface area contributed by atoms with Crippen LogP contribution in [0.2, 0.25) is 0 Å². The molecule has 1 saturated heterocycles. The zero-order valence-corrected chi connectivity index (χ0v) is 17.1. The van der Waals surface area contributed by atoms with E-state index in [1.807, 2.05) is 29.8 Å². The highest BCUT2D eigenvalue weighted by atomic mass is 16.1. The summed E-state index contributed by atoms with van der Waals surface area (Å²) in [5, 5.41) is 13.7. The highest BCUT2D eigenvalue weighted by molar-refractivity contribution is 5.82. The molecule has 1 aromatic carbocycles. The maximum absolute atomic E-state index is 13.2. The van der Waals surface area contributed by atoms with Gasteiger partial charge in [-0.2, -0.15) is 0 Å². The Morgan fingerprint density at radius 2 is 1.93 bits per heavy atom. The summed E-state index contributed by atoms with van der Waals surface area (Å²) in [5.74, 6) is 0.766. The number of aromatic amines is 1. The highest BCUT2D eigenvalue weighted by Crippen LogP contribution is 2.23. The van der Waals surface area contributed by atoms with E-state index in [1.54, 1.807) is 0 Å². The van der Waals surface area contributed by atoms with Crippen LogP contribution in [-0.4, -0.2) is 38.3 Å². The maximum Gasteiger partial charge on any atom is 0.258 e. The number of likely N-dealkylation sites (tertiary alicyclic amines) is 1. The molecule has 0 aliphatic carbocycles. The predicted octanol–water partition coefficient (Wildman–Crippen LogP) is 1.74. The van der Waals surface area contributed by atoms with Crippen LogP contribution in [0.25, 0.3) is 10.9 Å². The van der Waals surface area contributed by atoms with Gasteiger partial charge in [-0.1, -0.05) is 18.2 Å². The average molecular weight is 382 g/mol. The number of piperidine rings is 1. The van der Waals surface area contributed by atoms with E-state index in [0.717, 1.165) is 53.8 Å². The lowest BCUT2D eigenvalue weighted by Gasteiger charge is -2.32. The normalized spacial score (nSPS) is 17.1. The average Bonchev–Trinajstić information content (AvgIpc) is 3.14. The van der Waals surface area contributed by atoms with Crippen molar-refractivity contribution in [1.82, 2.24) is 25.2 Å². The molecule has 1 aliphatic heterocycles. The van der Waals surface area contributed by atoms with E-state index in [4.69, 9.17) is 0 Å². The van der Waals surface area contributed by atoms with Crippen molar-refractivity contribution in [3.63, 3.8) is 0 Å². The Hall–Kier alpha value is -2.54. The molecule has 0 bridgehead atoms. The lowest BCUT2D eigenvalue weighted by atomic mass is 9.99. The molecule has 7 heteroatoms. The van der Waals surface area contributed by atoms with E-state index in [-0.39, 0.29) is 17.1 Å². The molecule has 3 aromatic rings. The first-order chi connectivity index (χ1) is 13.4. The number of fused-ring (bicyclic) bond motifs is 1. The van der Waals surface area contributed by atoms with Crippen molar-refractivity contribution in [2.75, 3.05) is 13.1 Å². The van der Waals surface area contributed by atoms with Gasteiger partial charge in [0.25, 0.3) is 5.56 Å². The number of hydrogen-bond acceptors (Lipinski definition) is 4. The van der Waals surface area contributed by atoms with Crippen LogP contribution in [-0.2, 0) is 5.54 Å². The molecule has 4 rings (SSSR count). The summed E-state index contributed by atoms with van der Waals surface area (Å²) < 4.78 is 1.87. The van der Waals surface area contributed by atoms with Gasteiger partial charge in [-0.15, -0.1) is 5.10 Å². The number of para-hydroxylation sites is 1. The van der Waals surface area contributed by atoms with Gasteiger partial charge in [-0.25, -0.2) is 4.68 Å². The number of tetrazole rings is 1. The molecule has 1 aliphatic rings. The fraction of sp³-hybridized carbons (Fsp3) is 0.524. The third kappa shape index (κ3) is 3.35. The molecule has 28 heavy (non-hydrogen) atoms. The van der Waals surface area contributed by atoms with Gasteiger partial charge >= 0.3 is 0 Å². The first-order valence-electron chi connectivity index (χ1n) is 10.1. The summed E-state index contributed by atoms with van der Waals surface area (Å²) in [6.45, 7) is 10.3. The number of aromatic nitrogens is 5. The fourth-order valence-electron chi connectivity index (χ4n) is 4.30. The minimum absolute atomic E-state index is 0.0478. The van der Waals surface area contributed by atoms with Crippen molar-refractivity contribution >= 4 is 10.9 Å². The Kier molecular flexibility index (Phi) is 4.79. The van der Waals surface area contributed by atoms with E-state index in [9.17, 15) is 4.79 Å². The fourth-order valence-corrected chi connectivity index (χ4v) is 4.30. The van der Waals surface area contributed by atoms with Crippen LogP contribution in [0.15, 0.2) is 29.1 Å². The second-order valence-electron chi connectivity index (χ2n) is 8.86. The molecule has 2 aromatic heterocycles. The van der Waals surface area contributed by atoms with Gasteiger partial charge in [-0.3, -0.25) is 4.79 Å². The number of rotatable bonds is 3. The molecule has 1 atom stereocenters. The Balaban J connectivity index is 1.92. The van der Waals surface area contributed by atoms with Crippen molar-refractivity contribution in [2.45, 2.75) is 58.5 Å². The number of pyridine rings is 1. The van der Waals surface area contributed by atoms with Crippen molar-refractivity contribution in [2.24, 2.45) is 0 Å². The summed E-state index contributed by atoms with van der Waals surface area (Å²) in [5.41, 5.74) is 2.41. The molecular formula is C21H29N6O+. The van der Waals surface area contributed by atoms with Gasteiger partial charge in [0, 0.05) is 0 Å². The topological polar surface area (TPSA) is 80.9 Å². The maximum atomic E-state index is 13.2. The third-order valence-electron chi connectivity index (χ3n) is 5.72. The zero-order chi connectivity index (χ0) is 19.9. The Labute approximate surface area is 164 Å². The van der Waals surface area contributed by atoms with Gasteiger partial charge in [-0.05, 0) is 74.4 Å². The molecule has 0 unspecified atom stereocenters. The van der Waals surface area contributed by atoms with Gasteiger partial charge in [0.15, 0.2) is 6.04 Å². The number of hydrogen-bond donors (Lipinski definition) is 2. The number of aryl methyl sites for hydroxylation is 1. The summed E-state index contributed by atoms with van der Waals surface area (Å²) in [6, 6.07) is 7.96. The monoisotopic (exact) mass is 381 g/mol. The number of nitrogens with zero attached hydrogens (tertiary/aromatic N) is 4. The SMILES string of the molecule is Cc1cccc2cc([C@@H](c3nnnn3C(C)(C)C)[NH+]3CCCCC3)c(=O)[nH]c12. The summed E-state index contributed by atoms with van der Waals surface area (Å²) >= 11 is 0. The summed E-state index contributed by atoms with van der Waals surface area (Å²) in [6.07, 6.45) is 3.56. The third-order valence-corrected chi connectivity index (χ3v) is 5.72. The molecule has 0 spiro atoms. The molecule has 0 radical (unpaired) electrons. The molecule has 3 heterocycles. The van der Waals surface area contributed by atoms with Crippen molar-refractivity contribution in [3.8, 4) is 0 Å². The van der Waals surface area contributed by atoms with E-state index < -0.39 is 0 Å². The van der Waals surface area contributed by atoms with Crippen LogP contribution in [0.5, 0.6) is 0 Å². The molecule has 7 nitrogen and oxygen atoms in total. The minimum atomic E-state index is -0.257. The van der Waals surface area contributed by atoms with Crippen molar-refractivity contribution in [3.05, 3.63) is 51.6 Å². The predicted molar refractivity (Wildman–Crippen MR) is 109 cm³/mol. The Morgan fingerprint density at radius 1 is 1.18 bits per heavy atom. The second kappa shape index (κ2) is 7.13. The molecule has 0 saturated carbocycles. The largest absolute Gasteiger partial charge is 0.322 e.